The van der Waals surface area contributed by atoms with Gasteiger partial charge in [-0.3, -0.25) is 14.5 Å². The Balaban J connectivity index is 1.15. The molecule has 4 heterocycles. The normalized spacial score (nSPS) is 18.4. The van der Waals surface area contributed by atoms with Crippen LogP contribution in [0.15, 0.2) is 30.5 Å². The minimum absolute atomic E-state index is 0.131. The lowest BCUT2D eigenvalue weighted by Gasteiger charge is -2.36. The molecule has 1 aromatic carbocycles. The fourth-order valence-corrected chi connectivity index (χ4v) is 5.93. The number of aromatic nitrogens is 3. The molecule has 1 atom stereocenters. The highest BCUT2D eigenvalue weighted by Gasteiger charge is 2.36. The molecule has 2 aliphatic heterocycles. The zero-order valence-electron chi connectivity index (χ0n) is 24.8. The maximum Gasteiger partial charge on any atom is 0.267 e. The molecular formula is C29H39ClN10O2S. The van der Waals surface area contributed by atoms with Gasteiger partial charge in [-0.15, -0.1) is 0 Å². The Hall–Kier alpha value is -3.36. The fraction of sp³-hybridized carbons (Fsp3) is 0.483. The van der Waals surface area contributed by atoms with Crippen LogP contribution in [0.4, 0.5) is 22.5 Å². The van der Waals surface area contributed by atoms with Gasteiger partial charge in [-0.05, 0) is 38.8 Å². The Morgan fingerprint density at radius 3 is 2.65 bits per heavy atom. The SMILES string of the molecule is Cc1nc(Nc2ncc(C(=O)Nc3c(C)cccc3Cl)s2)cc(N2CCN(CC(=O)N(CCN)CCC3(C)CN3)CC2)n1. The third-order valence-corrected chi connectivity index (χ3v) is 9.00. The standard InChI is InChI=1S/C29H39ClN10O2S/c1-19-5-4-6-21(30)26(19)37-27(42)22-16-32-28(43-22)36-23-15-24(35-20(2)34-23)39-13-11-38(12-14-39)17-25(41)40(10-8-31)9-7-29(3)18-33-29/h4-6,15-16,33H,7-14,17-18,31H2,1-3H3,(H,37,42)(H,32,34,35,36). The zero-order valence-corrected chi connectivity index (χ0v) is 26.4. The van der Waals surface area contributed by atoms with Crippen molar-refractivity contribution in [2.24, 2.45) is 5.73 Å². The van der Waals surface area contributed by atoms with E-state index in [1.165, 1.54) is 17.5 Å². The number of carbonyl (C=O) groups is 2. The molecule has 230 valence electrons. The minimum atomic E-state index is -0.280. The van der Waals surface area contributed by atoms with Crippen molar-refractivity contribution < 1.29 is 9.59 Å². The number of nitrogens with two attached hydrogens (primary N) is 1. The number of halogens is 1. The number of nitrogens with one attached hydrogen (secondary N) is 3. The van der Waals surface area contributed by atoms with Crippen molar-refractivity contribution in [2.45, 2.75) is 32.7 Å². The van der Waals surface area contributed by atoms with Crippen molar-refractivity contribution in [3.05, 3.63) is 51.7 Å². The van der Waals surface area contributed by atoms with Crippen LogP contribution in [0.5, 0.6) is 0 Å². The summed E-state index contributed by atoms with van der Waals surface area (Å²) >= 11 is 7.49. The number of piperazine rings is 1. The number of hydrogen-bond donors (Lipinski definition) is 4. The topological polar surface area (TPSA) is 155 Å². The largest absolute Gasteiger partial charge is 0.354 e. The van der Waals surface area contributed by atoms with Crippen molar-refractivity contribution in [1.82, 2.24) is 30.1 Å². The van der Waals surface area contributed by atoms with E-state index in [2.05, 4.69) is 47.6 Å². The molecule has 2 aliphatic rings. The second kappa shape index (κ2) is 13.5. The van der Waals surface area contributed by atoms with Gasteiger partial charge in [0.1, 0.15) is 22.3 Å². The number of carbonyl (C=O) groups excluding carboxylic acids is 2. The molecule has 0 aliphatic carbocycles. The summed E-state index contributed by atoms with van der Waals surface area (Å²) < 4.78 is 0. The molecule has 0 bridgehead atoms. The highest BCUT2D eigenvalue weighted by Crippen LogP contribution is 2.28. The van der Waals surface area contributed by atoms with Crippen molar-refractivity contribution in [2.75, 3.05) is 74.4 Å². The molecule has 14 heteroatoms. The summed E-state index contributed by atoms with van der Waals surface area (Å²) in [5.74, 6) is 1.88. The highest BCUT2D eigenvalue weighted by molar-refractivity contribution is 7.17. The second-order valence-corrected chi connectivity index (χ2v) is 12.7. The van der Waals surface area contributed by atoms with Gasteiger partial charge in [0.2, 0.25) is 5.91 Å². The van der Waals surface area contributed by atoms with Gasteiger partial charge in [-0.25, -0.2) is 15.0 Å². The van der Waals surface area contributed by atoms with Crippen LogP contribution in [0.1, 0.15) is 34.4 Å². The fourth-order valence-electron chi connectivity index (χ4n) is 4.94. The molecule has 0 spiro atoms. The van der Waals surface area contributed by atoms with E-state index in [0.717, 1.165) is 57.1 Å². The average molecular weight is 627 g/mol. The minimum Gasteiger partial charge on any atom is -0.354 e. The lowest BCUT2D eigenvalue weighted by atomic mass is 10.1. The summed E-state index contributed by atoms with van der Waals surface area (Å²) in [6.45, 7) is 12.1. The van der Waals surface area contributed by atoms with Gasteiger partial charge in [0.05, 0.1) is 23.5 Å². The second-order valence-electron chi connectivity index (χ2n) is 11.3. The Kier molecular flexibility index (Phi) is 9.77. The quantitative estimate of drug-likeness (QED) is 0.221. The predicted octanol–water partition coefficient (Wildman–Crippen LogP) is 2.86. The predicted molar refractivity (Wildman–Crippen MR) is 172 cm³/mol. The van der Waals surface area contributed by atoms with Crippen LogP contribution in [0, 0.1) is 13.8 Å². The molecular weight excluding hydrogens is 588 g/mol. The molecule has 0 saturated carbocycles. The molecule has 2 aromatic heterocycles. The van der Waals surface area contributed by atoms with E-state index in [0.29, 0.717) is 52.0 Å². The molecule has 43 heavy (non-hydrogen) atoms. The first-order valence-corrected chi connectivity index (χ1v) is 15.7. The van der Waals surface area contributed by atoms with Crippen LogP contribution in [-0.4, -0.2) is 101 Å². The molecule has 0 radical (unpaired) electrons. The molecule has 12 nitrogen and oxygen atoms in total. The van der Waals surface area contributed by atoms with Crippen molar-refractivity contribution in [1.29, 1.82) is 0 Å². The molecule has 2 saturated heterocycles. The first-order chi connectivity index (χ1) is 20.6. The Bertz CT molecular complexity index is 1430. The van der Waals surface area contributed by atoms with Crippen molar-refractivity contribution >= 4 is 57.2 Å². The summed E-state index contributed by atoms with van der Waals surface area (Å²) in [6.07, 6.45) is 2.47. The summed E-state index contributed by atoms with van der Waals surface area (Å²) in [6, 6.07) is 7.36. The summed E-state index contributed by atoms with van der Waals surface area (Å²) in [5, 5.41) is 10.5. The number of hydrogen-bond acceptors (Lipinski definition) is 11. The van der Waals surface area contributed by atoms with Crippen LogP contribution in [-0.2, 0) is 4.79 Å². The molecule has 1 unspecified atom stereocenters. The van der Waals surface area contributed by atoms with E-state index < -0.39 is 0 Å². The van der Waals surface area contributed by atoms with Crippen LogP contribution >= 0.6 is 22.9 Å². The van der Waals surface area contributed by atoms with Gasteiger partial charge in [0, 0.05) is 64.0 Å². The maximum absolute atomic E-state index is 13.0. The van der Waals surface area contributed by atoms with Crippen LogP contribution < -0.4 is 26.6 Å². The van der Waals surface area contributed by atoms with E-state index in [1.54, 1.807) is 6.07 Å². The van der Waals surface area contributed by atoms with Gasteiger partial charge in [-0.1, -0.05) is 35.1 Å². The number of benzene rings is 1. The third kappa shape index (κ3) is 8.18. The smallest absolute Gasteiger partial charge is 0.267 e. The van der Waals surface area contributed by atoms with E-state index in [4.69, 9.17) is 17.3 Å². The van der Waals surface area contributed by atoms with Crippen molar-refractivity contribution in [3.8, 4) is 0 Å². The van der Waals surface area contributed by atoms with Gasteiger partial charge in [0.25, 0.3) is 5.91 Å². The lowest BCUT2D eigenvalue weighted by Crippen LogP contribution is -2.51. The summed E-state index contributed by atoms with van der Waals surface area (Å²) in [4.78, 5) is 46.2. The number of anilines is 4. The van der Waals surface area contributed by atoms with Gasteiger partial charge in [0.15, 0.2) is 5.13 Å². The van der Waals surface area contributed by atoms with E-state index in [-0.39, 0.29) is 17.4 Å². The summed E-state index contributed by atoms with van der Waals surface area (Å²) in [7, 11) is 0. The molecule has 5 N–H and O–H groups in total. The Morgan fingerprint density at radius 2 is 1.95 bits per heavy atom. The van der Waals surface area contributed by atoms with Gasteiger partial charge < -0.3 is 31.5 Å². The molecule has 2 amide bonds. The number of rotatable bonds is 12. The third-order valence-electron chi connectivity index (χ3n) is 7.77. The first-order valence-electron chi connectivity index (χ1n) is 14.5. The number of para-hydroxylation sites is 1. The van der Waals surface area contributed by atoms with Crippen LogP contribution in [0.25, 0.3) is 0 Å². The number of thiazole rings is 1. The van der Waals surface area contributed by atoms with Gasteiger partial charge in [-0.2, -0.15) is 0 Å². The maximum atomic E-state index is 13.0. The van der Waals surface area contributed by atoms with Crippen LogP contribution in [0.2, 0.25) is 5.02 Å². The van der Waals surface area contributed by atoms with Gasteiger partial charge >= 0.3 is 0 Å². The van der Waals surface area contributed by atoms with E-state index >= 15 is 0 Å². The molecule has 2 fully saturated rings. The lowest BCUT2D eigenvalue weighted by molar-refractivity contribution is -0.132. The van der Waals surface area contributed by atoms with Crippen molar-refractivity contribution in [3.63, 3.8) is 0 Å². The average Bonchev–Trinajstić information content (AvgIpc) is 3.53. The summed E-state index contributed by atoms with van der Waals surface area (Å²) in [5.41, 5.74) is 7.42. The van der Waals surface area contributed by atoms with E-state index in [9.17, 15) is 9.59 Å². The Labute approximate surface area is 261 Å². The molecule has 3 aromatic rings. The molecule has 5 rings (SSSR count). The van der Waals surface area contributed by atoms with E-state index in [1.807, 2.05) is 36.9 Å². The monoisotopic (exact) mass is 626 g/mol. The first kappa shape index (κ1) is 31.1. The van der Waals surface area contributed by atoms with Crippen LogP contribution in [0.3, 0.4) is 0 Å². The Morgan fingerprint density at radius 1 is 1.19 bits per heavy atom. The zero-order chi connectivity index (χ0) is 30.6. The number of aryl methyl sites for hydroxylation is 2. The number of nitrogens with zero attached hydrogens (tertiary/aromatic N) is 6. The highest BCUT2D eigenvalue weighted by atomic mass is 35.5. The number of amides is 2.